The summed E-state index contributed by atoms with van der Waals surface area (Å²) in [5.74, 6) is -0.622. The van der Waals surface area contributed by atoms with Crippen molar-refractivity contribution < 1.29 is 9.90 Å². The van der Waals surface area contributed by atoms with Gasteiger partial charge in [0.15, 0.2) is 0 Å². The summed E-state index contributed by atoms with van der Waals surface area (Å²) >= 11 is 5.84. The first-order valence-corrected chi connectivity index (χ1v) is 9.34. The lowest BCUT2D eigenvalue weighted by molar-refractivity contribution is -0.255. The summed E-state index contributed by atoms with van der Waals surface area (Å²) in [6, 6.07) is 13.2. The Balaban J connectivity index is 1.69. The molecule has 1 fully saturated rings. The molecule has 4 nitrogen and oxygen atoms in total. The van der Waals surface area contributed by atoms with Gasteiger partial charge in [-0.05, 0) is 55.0 Å². The first-order valence-electron chi connectivity index (χ1n) is 8.96. The zero-order chi connectivity index (χ0) is 18.5. The molecule has 2 aromatic rings. The Kier molecular flexibility index (Phi) is 5.94. The normalized spacial score (nSPS) is 15.7. The number of nitrogens with zero attached hydrogens (tertiary/aromatic N) is 1. The number of benzene rings is 2. The molecule has 1 saturated carbocycles. The second-order valence-corrected chi connectivity index (χ2v) is 7.16. The average Bonchev–Trinajstić information content (AvgIpc) is 2.67. The Morgan fingerprint density at radius 2 is 1.81 bits per heavy atom. The molecule has 2 aromatic carbocycles. The average molecular weight is 370 g/mol. The van der Waals surface area contributed by atoms with Crippen molar-refractivity contribution in [2.45, 2.75) is 44.9 Å². The highest BCUT2D eigenvalue weighted by molar-refractivity contribution is 6.33. The summed E-state index contributed by atoms with van der Waals surface area (Å²) in [5.41, 5.74) is 6.64. The van der Waals surface area contributed by atoms with Crippen LogP contribution in [0.15, 0.2) is 47.6 Å². The molecule has 3 rings (SSSR count). The van der Waals surface area contributed by atoms with Crippen LogP contribution in [0.4, 0.5) is 5.69 Å². The van der Waals surface area contributed by atoms with Crippen molar-refractivity contribution in [1.29, 1.82) is 0 Å². The third-order valence-corrected chi connectivity index (χ3v) is 5.27. The number of anilines is 1. The first kappa shape index (κ1) is 18.5. The van der Waals surface area contributed by atoms with E-state index in [9.17, 15) is 9.90 Å². The largest absolute Gasteiger partial charge is 0.545 e. The van der Waals surface area contributed by atoms with E-state index in [2.05, 4.69) is 34.8 Å². The smallest absolute Gasteiger partial charge is 0.0731 e. The second kappa shape index (κ2) is 8.37. The number of carboxylic acid groups (broad SMARTS) is 1. The van der Waals surface area contributed by atoms with E-state index in [1.54, 1.807) is 6.07 Å². The van der Waals surface area contributed by atoms with Crippen molar-refractivity contribution in [2.24, 2.45) is 5.10 Å². The van der Waals surface area contributed by atoms with Crippen molar-refractivity contribution in [3.63, 3.8) is 0 Å². The Hall–Kier alpha value is -2.33. The van der Waals surface area contributed by atoms with Crippen LogP contribution in [0.25, 0.3) is 0 Å². The zero-order valence-corrected chi connectivity index (χ0v) is 15.6. The first-order chi connectivity index (χ1) is 12.5. The van der Waals surface area contributed by atoms with E-state index in [4.69, 9.17) is 11.6 Å². The van der Waals surface area contributed by atoms with E-state index in [1.165, 1.54) is 49.8 Å². The van der Waals surface area contributed by atoms with Gasteiger partial charge in [0.25, 0.3) is 0 Å². The van der Waals surface area contributed by atoms with Gasteiger partial charge in [-0.25, -0.2) is 0 Å². The highest BCUT2D eigenvalue weighted by Gasteiger charge is 2.15. The molecule has 136 valence electrons. The van der Waals surface area contributed by atoms with Gasteiger partial charge in [-0.1, -0.05) is 55.1 Å². The SMILES string of the molecule is C/C(=N/Nc1ccc(Cl)c(C(=O)[O-])c1)c1ccc(C2CCCCC2)cc1. The number of rotatable bonds is 5. The van der Waals surface area contributed by atoms with Gasteiger partial charge >= 0.3 is 0 Å². The molecule has 1 aliphatic rings. The standard InChI is InChI=1S/C21H23ClN2O2/c1-14(23-24-18-11-12-20(22)19(13-18)21(25)26)15-7-9-17(10-8-15)16-5-3-2-4-6-16/h7-13,16,24H,2-6H2,1H3,(H,25,26)/p-1/b23-14-. The molecular formula is C21H22ClN2O2-. The molecule has 0 radical (unpaired) electrons. The fourth-order valence-corrected chi connectivity index (χ4v) is 3.59. The van der Waals surface area contributed by atoms with Crippen LogP contribution in [-0.4, -0.2) is 11.7 Å². The fourth-order valence-electron chi connectivity index (χ4n) is 3.40. The third-order valence-electron chi connectivity index (χ3n) is 4.94. The molecule has 0 atom stereocenters. The number of carboxylic acids is 1. The highest BCUT2D eigenvalue weighted by atomic mass is 35.5. The minimum Gasteiger partial charge on any atom is -0.545 e. The van der Waals surface area contributed by atoms with Gasteiger partial charge in [-0.15, -0.1) is 0 Å². The number of nitrogens with one attached hydrogen (secondary N) is 1. The highest BCUT2D eigenvalue weighted by Crippen LogP contribution is 2.32. The van der Waals surface area contributed by atoms with Crippen LogP contribution >= 0.6 is 11.6 Å². The van der Waals surface area contributed by atoms with E-state index in [1.807, 2.05) is 6.92 Å². The predicted molar refractivity (Wildman–Crippen MR) is 104 cm³/mol. The molecule has 26 heavy (non-hydrogen) atoms. The van der Waals surface area contributed by atoms with Crippen LogP contribution in [0.1, 0.15) is 66.4 Å². The van der Waals surface area contributed by atoms with Crippen LogP contribution in [0, 0.1) is 0 Å². The number of carbonyl (C=O) groups excluding carboxylic acids is 1. The molecule has 0 heterocycles. The molecule has 0 aromatic heterocycles. The van der Waals surface area contributed by atoms with Crippen molar-refractivity contribution in [1.82, 2.24) is 0 Å². The van der Waals surface area contributed by atoms with Gasteiger partial charge in [0, 0.05) is 10.6 Å². The van der Waals surface area contributed by atoms with Gasteiger partial charge in [-0.2, -0.15) is 5.10 Å². The lowest BCUT2D eigenvalue weighted by Gasteiger charge is -2.22. The predicted octanol–water partition coefficient (Wildman–Crippen LogP) is 4.59. The van der Waals surface area contributed by atoms with Crippen LogP contribution in [0.5, 0.6) is 0 Å². The van der Waals surface area contributed by atoms with Crippen LogP contribution in [-0.2, 0) is 0 Å². The van der Waals surface area contributed by atoms with Gasteiger partial charge in [-0.3, -0.25) is 5.43 Å². The van der Waals surface area contributed by atoms with E-state index in [0.717, 1.165) is 11.3 Å². The molecule has 1 N–H and O–H groups in total. The molecule has 1 aliphatic carbocycles. The van der Waals surface area contributed by atoms with E-state index >= 15 is 0 Å². The van der Waals surface area contributed by atoms with Crippen molar-refractivity contribution in [3.05, 3.63) is 64.2 Å². The lowest BCUT2D eigenvalue weighted by atomic mass is 9.84. The molecule has 5 heteroatoms. The monoisotopic (exact) mass is 369 g/mol. The third kappa shape index (κ3) is 4.44. The van der Waals surface area contributed by atoms with Gasteiger partial charge in [0.2, 0.25) is 0 Å². The summed E-state index contributed by atoms with van der Waals surface area (Å²) in [7, 11) is 0. The molecule has 0 aliphatic heterocycles. The number of aromatic carboxylic acids is 1. The number of carbonyl (C=O) groups is 1. The summed E-state index contributed by atoms with van der Waals surface area (Å²) < 4.78 is 0. The molecule has 0 amide bonds. The van der Waals surface area contributed by atoms with E-state index in [-0.39, 0.29) is 10.6 Å². The zero-order valence-electron chi connectivity index (χ0n) is 14.8. The Labute approximate surface area is 158 Å². The van der Waals surface area contributed by atoms with E-state index < -0.39 is 5.97 Å². The summed E-state index contributed by atoms with van der Waals surface area (Å²) in [5, 5.41) is 15.5. The fraction of sp³-hybridized carbons (Fsp3) is 0.333. The summed E-state index contributed by atoms with van der Waals surface area (Å²) in [4.78, 5) is 11.0. The quantitative estimate of drug-likeness (QED) is 0.619. The van der Waals surface area contributed by atoms with Crippen LogP contribution in [0.3, 0.4) is 0 Å². The number of hydrazone groups is 1. The Morgan fingerprint density at radius 1 is 1.12 bits per heavy atom. The molecule has 0 bridgehead atoms. The number of halogens is 1. The van der Waals surface area contributed by atoms with Crippen LogP contribution < -0.4 is 10.5 Å². The number of hydrogen-bond donors (Lipinski definition) is 1. The van der Waals surface area contributed by atoms with Crippen molar-refractivity contribution in [2.75, 3.05) is 5.43 Å². The van der Waals surface area contributed by atoms with Gasteiger partial charge in [0.1, 0.15) is 0 Å². The minimum atomic E-state index is -1.31. The maximum Gasteiger partial charge on any atom is 0.0731 e. The summed E-state index contributed by atoms with van der Waals surface area (Å²) in [6.07, 6.45) is 6.57. The van der Waals surface area contributed by atoms with Gasteiger partial charge in [0.05, 0.1) is 17.4 Å². The van der Waals surface area contributed by atoms with Gasteiger partial charge < -0.3 is 9.90 Å². The van der Waals surface area contributed by atoms with Crippen molar-refractivity contribution in [3.8, 4) is 0 Å². The molecule has 0 unspecified atom stereocenters. The molecule has 0 spiro atoms. The second-order valence-electron chi connectivity index (χ2n) is 6.75. The Bertz CT molecular complexity index is 809. The lowest BCUT2D eigenvalue weighted by Crippen LogP contribution is -2.22. The number of hydrogen-bond acceptors (Lipinski definition) is 4. The maximum absolute atomic E-state index is 11.0. The molecule has 0 saturated heterocycles. The van der Waals surface area contributed by atoms with E-state index in [0.29, 0.717) is 11.6 Å². The summed E-state index contributed by atoms with van der Waals surface area (Å²) in [6.45, 7) is 1.91. The topological polar surface area (TPSA) is 64.5 Å². The minimum absolute atomic E-state index is 0.0543. The Morgan fingerprint density at radius 3 is 2.46 bits per heavy atom. The van der Waals surface area contributed by atoms with Crippen LogP contribution in [0.2, 0.25) is 5.02 Å². The molecular weight excluding hydrogens is 348 g/mol. The van der Waals surface area contributed by atoms with Crippen molar-refractivity contribution >= 4 is 29.0 Å². The maximum atomic E-state index is 11.0.